The smallest absolute Gasteiger partial charge is 0.320 e. The van der Waals surface area contributed by atoms with E-state index < -0.39 is 0 Å². The van der Waals surface area contributed by atoms with Gasteiger partial charge in [-0.2, -0.15) is 5.10 Å². The number of nitrogens with one attached hydrogen (secondary N) is 1. The second kappa shape index (κ2) is 8.47. The fraction of sp³-hybridized carbons (Fsp3) is 0.400. The maximum absolute atomic E-state index is 13.4. The minimum Gasteiger partial charge on any atom is -0.320 e. The fourth-order valence-electron chi connectivity index (χ4n) is 3.70. The summed E-state index contributed by atoms with van der Waals surface area (Å²) in [7, 11) is 1.92. The van der Waals surface area contributed by atoms with E-state index in [0.717, 1.165) is 40.2 Å². The third-order valence-electron chi connectivity index (χ3n) is 5.12. The molecule has 10 heteroatoms. The summed E-state index contributed by atoms with van der Waals surface area (Å²) in [4.78, 5) is 14.5. The van der Waals surface area contributed by atoms with Crippen LogP contribution in [0.4, 0.5) is 14.9 Å². The summed E-state index contributed by atoms with van der Waals surface area (Å²) in [5, 5.41) is 17.1. The summed E-state index contributed by atoms with van der Waals surface area (Å²) in [5.41, 5.74) is 3.26. The van der Waals surface area contributed by atoms with Crippen LogP contribution < -0.4 is 5.32 Å². The van der Waals surface area contributed by atoms with Crippen molar-refractivity contribution in [3.8, 4) is 11.5 Å². The van der Waals surface area contributed by atoms with Crippen LogP contribution in [0.3, 0.4) is 0 Å². The summed E-state index contributed by atoms with van der Waals surface area (Å²) in [6.45, 7) is 5.84. The zero-order valence-electron chi connectivity index (χ0n) is 17.2. The number of halogens is 1. The van der Waals surface area contributed by atoms with Gasteiger partial charge in [-0.15, -0.1) is 10.2 Å². The lowest BCUT2D eigenvalue weighted by molar-refractivity contribution is 0.206. The van der Waals surface area contributed by atoms with Gasteiger partial charge in [0, 0.05) is 43.5 Å². The number of anilines is 1. The van der Waals surface area contributed by atoms with Crippen LogP contribution in [0.25, 0.3) is 11.5 Å². The summed E-state index contributed by atoms with van der Waals surface area (Å²) in [5.74, 6) is 1.24. The predicted molar refractivity (Wildman–Crippen MR) is 114 cm³/mol. The van der Waals surface area contributed by atoms with Crippen molar-refractivity contribution in [2.45, 2.75) is 38.5 Å². The molecule has 3 heterocycles. The van der Waals surface area contributed by atoms with Gasteiger partial charge in [0.15, 0.2) is 11.0 Å². The molecule has 2 aromatic heterocycles. The standard InChI is InChI=1S/C20H24FN7OS/c1-4-28-18(23-24-20(28)30-5-2)17-15-12-27(10-9-16(15)26(3)25-17)19(29)22-14-8-6-7-13(21)11-14/h6-8,11H,4-5,9-10,12H2,1-3H3,(H,22,29). The Morgan fingerprint density at radius 3 is 2.87 bits per heavy atom. The normalized spacial score (nSPS) is 13.4. The van der Waals surface area contributed by atoms with E-state index in [1.807, 2.05) is 11.7 Å². The highest BCUT2D eigenvalue weighted by Crippen LogP contribution is 2.31. The van der Waals surface area contributed by atoms with Crippen molar-refractivity contribution >= 4 is 23.5 Å². The molecule has 0 saturated heterocycles. The summed E-state index contributed by atoms with van der Waals surface area (Å²) >= 11 is 1.64. The predicted octanol–water partition coefficient (Wildman–Crippen LogP) is 3.54. The molecule has 8 nitrogen and oxygen atoms in total. The summed E-state index contributed by atoms with van der Waals surface area (Å²) in [6, 6.07) is 5.63. The molecule has 1 aliphatic rings. The summed E-state index contributed by atoms with van der Waals surface area (Å²) < 4.78 is 17.4. The van der Waals surface area contributed by atoms with Crippen molar-refractivity contribution in [2.24, 2.45) is 7.05 Å². The van der Waals surface area contributed by atoms with Crippen LogP contribution in [-0.2, 0) is 26.6 Å². The number of carbonyl (C=O) groups excluding carboxylic acids is 1. The molecule has 0 unspecified atom stereocenters. The van der Waals surface area contributed by atoms with E-state index in [2.05, 4.69) is 33.9 Å². The number of hydrogen-bond acceptors (Lipinski definition) is 5. The number of urea groups is 1. The van der Waals surface area contributed by atoms with E-state index in [4.69, 9.17) is 5.10 Å². The topological polar surface area (TPSA) is 80.9 Å². The first-order valence-corrected chi connectivity index (χ1v) is 10.9. The average molecular weight is 430 g/mol. The Kier molecular flexibility index (Phi) is 5.76. The molecule has 30 heavy (non-hydrogen) atoms. The molecule has 0 bridgehead atoms. The number of carbonyl (C=O) groups is 1. The molecule has 2 amide bonds. The Bertz CT molecular complexity index is 1080. The molecule has 0 atom stereocenters. The van der Waals surface area contributed by atoms with Gasteiger partial charge in [0.1, 0.15) is 11.5 Å². The van der Waals surface area contributed by atoms with Crippen LogP contribution in [-0.4, -0.2) is 47.8 Å². The highest BCUT2D eigenvalue weighted by molar-refractivity contribution is 7.99. The number of thioether (sulfide) groups is 1. The van der Waals surface area contributed by atoms with Crippen molar-refractivity contribution in [1.82, 2.24) is 29.4 Å². The van der Waals surface area contributed by atoms with E-state index in [-0.39, 0.29) is 11.8 Å². The number of aryl methyl sites for hydroxylation is 1. The fourth-order valence-corrected chi connectivity index (χ4v) is 4.43. The van der Waals surface area contributed by atoms with Gasteiger partial charge in [-0.05, 0) is 30.9 Å². The van der Waals surface area contributed by atoms with Crippen molar-refractivity contribution in [1.29, 1.82) is 0 Å². The number of amides is 2. The van der Waals surface area contributed by atoms with Crippen LogP contribution >= 0.6 is 11.8 Å². The number of hydrogen-bond donors (Lipinski definition) is 1. The van der Waals surface area contributed by atoms with Crippen LogP contribution in [0, 0.1) is 5.82 Å². The zero-order chi connectivity index (χ0) is 21.3. The summed E-state index contributed by atoms with van der Waals surface area (Å²) in [6.07, 6.45) is 0.687. The van der Waals surface area contributed by atoms with Crippen molar-refractivity contribution in [3.63, 3.8) is 0 Å². The van der Waals surface area contributed by atoms with Gasteiger partial charge in [0.25, 0.3) is 0 Å². The second-order valence-corrected chi connectivity index (χ2v) is 8.22. The highest BCUT2D eigenvalue weighted by atomic mass is 32.2. The van der Waals surface area contributed by atoms with Gasteiger partial charge in [-0.25, -0.2) is 9.18 Å². The largest absolute Gasteiger partial charge is 0.322 e. The lowest BCUT2D eigenvalue weighted by Crippen LogP contribution is -2.39. The van der Waals surface area contributed by atoms with E-state index in [1.54, 1.807) is 28.8 Å². The molecule has 1 N–H and O–H groups in total. The Hall–Kier alpha value is -2.88. The molecular weight excluding hydrogens is 405 g/mol. The van der Waals surface area contributed by atoms with Crippen LogP contribution in [0.5, 0.6) is 0 Å². The second-order valence-electron chi connectivity index (χ2n) is 6.99. The maximum Gasteiger partial charge on any atom is 0.322 e. The molecular formula is C20H24FN7OS. The molecule has 3 aromatic rings. The first kappa shape index (κ1) is 20.4. The molecule has 0 radical (unpaired) electrons. The zero-order valence-corrected chi connectivity index (χ0v) is 18.0. The van der Waals surface area contributed by atoms with E-state index in [1.165, 1.54) is 12.1 Å². The molecule has 158 valence electrons. The minimum atomic E-state index is -0.386. The number of nitrogens with zero attached hydrogens (tertiary/aromatic N) is 6. The van der Waals surface area contributed by atoms with E-state index in [0.29, 0.717) is 25.2 Å². The van der Waals surface area contributed by atoms with E-state index in [9.17, 15) is 9.18 Å². The third-order valence-corrected chi connectivity index (χ3v) is 5.97. The number of fused-ring (bicyclic) bond motifs is 1. The third kappa shape index (κ3) is 3.79. The molecule has 0 saturated carbocycles. The van der Waals surface area contributed by atoms with Gasteiger partial charge >= 0.3 is 6.03 Å². The van der Waals surface area contributed by atoms with Gasteiger partial charge in [-0.3, -0.25) is 4.68 Å². The lowest BCUT2D eigenvalue weighted by atomic mass is 10.0. The monoisotopic (exact) mass is 429 g/mol. The highest BCUT2D eigenvalue weighted by Gasteiger charge is 2.29. The van der Waals surface area contributed by atoms with Crippen molar-refractivity contribution in [2.75, 3.05) is 17.6 Å². The van der Waals surface area contributed by atoms with E-state index >= 15 is 0 Å². The first-order valence-electron chi connectivity index (χ1n) is 9.94. The average Bonchev–Trinajstić information content (AvgIpc) is 3.28. The quantitative estimate of drug-likeness (QED) is 0.628. The number of rotatable bonds is 5. The molecule has 4 rings (SSSR count). The van der Waals surface area contributed by atoms with Crippen molar-refractivity contribution in [3.05, 3.63) is 41.3 Å². The Balaban J connectivity index is 1.62. The van der Waals surface area contributed by atoms with Gasteiger partial charge in [0.2, 0.25) is 0 Å². The Labute approximate surface area is 178 Å². The minimum absolute atomic E-state index is 0.264. The van der Waals surface area contributed by atoms with Gasteiger partial charge in [0.05, 0.1) is 6.54 Å². The number of aromatic nitrogens is 5. The maximum atomic E-state index is 13.4. The van der Waals surface area contributed by atoms with Gasteiger partial charge in [-0.1, -0.05) is 24.8 Å². The number of benzene rings is 1. The molecule has 0 aliphatic carbocycles. The van der Waals surface area contributed by atoms with Gasteiger partial charge < -0.3 is 14.8 Å². The SMILES string of the molecule is CCSc1nnc(-c2nn(C)c3c2CN(C(=O)Nc2cccc(F)c2)CC3)n1CC. The molecule has 1 aliphatic heterocycles. The molecule has 0 spiro atoms. The van der Waals surface area contributed by atoms with Crippen molar-refractivity contribution < 1.29 is 9.18 Å². The Morgan fingerprint density at radius 2 is 2.13 bits per heavy atom. The first-order chi connectivity index (χ1) is 14.5. The van der Waals surface area contributed by atoms with Crippen LogP contribution in [0.15, 0.2) is 29.4 Å². The molecule has 0 fully saturated rings. The van der Waals surface area contributed by atoms with Crippen LogP contribution in [0.2, 0.25) is 0 Å². The molecule has 1 aromatic carbocycles. The lowest BCUT2D eigenvalue weighted by Gasteiger charge is -2.27. The van der Waals surface area contributed by atoms with Crippen LogP contribution in [0.1, 0.15) is 25.1 Å². The Morgan fingerprint density at radius 1 is 1.30 bits per heavy atom.